The van der Waals surface area contributed by atoms with E-state index in [0.717, 1.165) is 11.1 Å². The number of rotatable bonds is 4. The van der Waals surface area contributed by atoms with Crippen LogP contribution in [0.25, 0.3) is 0 Å². The van der Waals surface area contributed by atoms with E-state index in [2.05, 4.69) is 0 Å². The van der Waals surface area contributed by atoms with Crippen molar-refractivity contribution in [3.63, 3.8) is 0 Å². The third-order valence-electron chi connectivity index (χ3n) is 3.40. The van der Waals surface area contributed by atoms with Gasteiger partial charge in [0.25, 0.3) is 0 Å². The summed E-state index contributed by atoms with van der Waals surface area (Å²) in [5, 5.41) is 0. The summed E-state index contributed by atoms with van der Waals surface area (Å²) in [6.07, 6.45) is 0. The van der Waals surface area contributed by atoms with Crippen LogP contribution in [0.4, 0.5) is 8.78 Å². The number of ether oxygens (including phenoxy) is 1. The van der Waals surface area contributed by atoms with E-state index in [0.29, 0.717) is 6.61 Å². The van der Waals surface area contributed by atoms with Crippen LogP contribution in [0.2, 0.25) is 0 Å². The molecule has 3 heteroatoms. The Kier molecular flexibility index (Phi) is 3.96. The van der Waals surface area contributed by atoms with Crippen molar-refractivity contribution in [2.75, 3.05) is 13.7 Å². The summed E-state index contributed by atoms with van der Waals surface area (Å²) < 4.78 is 31.4. The van der Waals surface area contributed by atoms with Crippen LogP contribution in [0.3, 0.4) is 0 Å². The Labute approximate surface area is 111 Å². The third kappa shape index (κ3) is 2.82. The fourth-order valence-corrected chi connectivity index (χ4v) is 2.26. The summed E-state index contributed by atoms with van der Waals surface area (Å²) in [6, 6.07) is 12.6. The number of halogens is 2. The molecule has 0 saturated carbocycles. The van der Waals surface area contributed by atoms with Crippen LogP contribution in [-0.4, -0.2) is 13.7 Å². The molecule has 0 spiro atoms. The van der Waals surface area contributed by atoms with Gasteiger partial charge in [0.05, 0.1) is 6.61 Å². The lowest BCUT2D eigenvalue weighted by molar-refractivity contribution is 0.155. The van der Waals surface area contributed by atoms with E-state index < -0.39 is 5.41 Å². The van der Waals surface area contributed by atoms with Gasteiger partial charge in [0.15, 0.2) is 0 Å². The average molecular weight is 262 g/mol. The van der Waals surface area contributed by atoms with Crippen molar-refractivity contribution >= 4 is 0 Å². The summed E-state index contributed by atoms with van der Waals surface area (Å²) in [4.78, 5) is 0. The third-order valence-corrected chi connectivity index (χ3v) is 3.40. The van der Waals surface area contributed by atoms with E-state index >= 15 is 0 Å². The van der Waals surface area contributed by atoms with Crippen molar-refractivity contribution in [2.24, 2.45) is 0 Å². The van der Waals surface area contributed by atoms with Crippen molar-refractivity contribution in [3.05, 3.63) is 71.3 Å². The van der Waals surface area contributed by atoms with Gasteiger partial charge >= 0.3 is 0 Å². The second kappa shape index (κ2) is 5.49. The fourth-order valence-electron chi connectivity index (χ4n) is 2.26. The van der Waals surface area contributed by atoms with E-state index in [-0.39, 0.29) is 11.6 Å². The summed E-state index contributed by atoms with van der Waals surface area (Å²) in [7, 11) is 1.62. The maximum Gasteiger partial charge on any atom is 0.123 e. The van der Waals surface area contributed by atoms with Crippen molar-refractivity contribution in [1.29, 1.82) is 0 Å². The SMILES string of the molecule is COCC(C)(c1ccc(F)cc1)c1ccc(F)cc1. The molecule has 0 aliphatic carbocycles. The highest BCUT2D eigenvalue weighted by Crippen LogP contribution is 2.32. The van der Waals surface area contributed by atoms with Crippen molar-refractivity contribution < 1.29 is 13.5 Å². The van der Waals surface area contributed by atoms with Gasteiger partial charge in [-0.15, -0.1) is 0 Å². The lowest BCUT2D eigenvalue weighted by Gasteiger charge is -2.30. The highest BCUT2D eigenvalue weighted by molar-refractivity contribution is 5.38. The van der Waals surface area contributed by atoms with Gasteiger partial charge in [-0.2, -0.15) is 0 Å². The molecule has 0 aromatic heterocycles. The van der Waals surface area contributed by atoms with Crippen LogP contribution in [0.1, 0.15) is 18.1 Å². The molecule has 0 atom stereocenters. The Hall–Kier alpha value is -1.74. The monoisotopic (exact) mass is 262 g/mol. The molecule has 0 saturated heterocycles. The highest BCUT2D eigenvalue weighted by atomic mass is 19.1. The molecule has 0 amide bonds. The van der Waals surface area contributed by atoms with Crippen LogP contribution >= 0.6 is 0 Å². The summed E-state index contributed by atoms with van der Waals surface area (Å²) in [5.41, 5.74) is 1.43. The fraction of sp³-hybridized carbons (Fsp3) is 0.250. The van der Waals surface area contributed by atoms with Gasteiger partial charge in [-0.3, -0.25) is 0 Å². The van der Waals surface area contributed by atoms with Gasteiger partial charge < -0.3 is 4.74 Å². The van der Waals surface area contributed by atoms with E-state index in [9.17, 15) is 8.78 Å². The van der Waals surface area contributed by atoms with Gasteiger partial charge in [-0.05, 0) is 42.3 Å². The molecule has 0 radical (unpaired) electrons. The average Bonchev–Trinajstić information content (AvgIpc) is 2.40. The molecule has 2 aromatic carbocycles. The molecular formula is C16H16F2O. The van der Waals surface area contributed by atoms with Crippen LogP contribution in [0.15, 0.2) is 48.5 Å². The summed E-state index contributed by atoms with van der Waals surface area (Å²) in [6.45, 7) is 2.43. The highest BCUT2D eigenvalue weighted by Gasteiger charge is 2.29. The lowest BCUT2D eigenvalue weighted by atomic mass is 9.77. The number of hydrogen-bond donors (Lipinski definition) is 0. The maximum absolute atomic E-state index is 13.0. The van der Waals surface area contributed by atoms with Crippen LogP contribution in [0, 0.1) is 11.6 Å². The van der Waals surface area contributed by atoms with Crippen molar-refractivity contribution in [1.82, 2.24) is 0 Å². The molecule has 2 rings (SSSR count). The summed E-state index contributed by atoms with van der Waals surface area (Å²) >= 11 is 0. The summed E-state index contributed by atoms with van der Waals surface area (Å²) in [5.74, 6) is -0.551. The zero-order chi connectivity index (χ0) is 13.9. The first-order chi connectivity index (χ1) is 9.06. The minimum atomic E-state index is -0.434. The topological polar surface area (TPSA) is 9.23 Å². The van der Waals surface area contributed by atoms with E-state index in [1.165, 1.54) is 24.3 Å². The Morgan fingerprint density at radius 2 is 1.21 bits per heavy atom. The van der Waals surface area contributed by atoms with Gasteiger partial charge in [0.2, 0.25) is 0 Å². The first-order valence-electron chi connectivity index (χ1n) is 6.07. The Bertz CT molecular complexity index is 486. The van der Waals surface area contributed by atoms with Gasteiger partial charge in [0, 0.05) is 12.5 Å². The predicted octanol–water partition coefficient (Wildman–Crippen LogP) is 3.92. The quantitative estimate of drug-likeness (QED) is 0.811. The first kappa shape index (κ1) is 13.7. The largest absolute Gasteiger partial charge is 0.383 e. The number of benzene rings is 2. The predicted molar refractivity (Wildman–Crippen MR) is 71.1 cm³/mol. The van der Waals surface area contributed by atoms with Crippen LogP contribution < -0.4 is 0 Å². The molecular weight excluding hydrogens is 246 g/mol. The first-order valence-corrected chi connectivity index (χ1v) is 6.07. The molecule has 0 unspecified atom stereocenters. The Balaban J connectivity index is 2.47. The maximum atomic E-state index is 13.0. The number of hydrogen-bond acceptors (Lipinski definition) is 1. The smallest absolute Gasteiger partial charge is 0.123 e. The van der Waals surface area contributed by atoms with Crippen LogP contribution in [-0.2, 0) is 10.2 Å². The number of methoxy groups -OCH3 is 1. The molecule has 0 aliphatic heterocycles. The molecule has 0 aliphatic rings. The minimum Gasteiger partial charge on any atom is -0.383 e. The molecule has 100 valence electrons. The lowest BCUT2D eigenvalue weighted by Crippen LogP contribution is -2.29. The van der Waals surface area contributed by atoms with Gasteiger partial charge in [-0.25, -0.2) is 8.78 Å². The van der Waals surface area contributed by atoms with E-state index in [4.69, 9.17) is 4.74 Å². The van der Waals surface area contributed by atoms with Gasteiger partial charge in [-0.1, -0.05) is 24.3 Å². The minimum absolute atomic E-state index is 0.275. The van der Waals surface area contributed by atoms with E-state index in [1.807, 2.05) is 6.92 Å². The molecule has 19 heavy (non-hydrogen) atoms. The Morgan fingerprint density at radius 1 is 0.842 bits per heavy atom. The van der Waals surface area contributed by atoms with Gasteiger partial charge in [0.1, 0.15) is 11.6 Å². The van der Waals surface area contributed by atoms with Crippen molar-refractivity contribution in [2.45, 2.75) is 12.3 Å². The Morgan fingerprint density at radius 3 is 1.53 bits per heavy atom. The van der Waals surface area contributed by atoms with Crippen LogP contribution in [0.5, 0.6) is 0 Å². The standard InChI is InChI=1S/C16H16F2O/c1-16(11-19-2,12-3-7-14(17)8-4-12)13-5-9-15(18)10-6-13/h3-10H,11H2,1-2H3. The second-order valence-corrected chi connectivity index (χ2v) is 4.78. The molecule has 1 nitrogen and oxygen atoms in total. The molecule has 0 N–H and O–H groups in total. The molecule has 0 heterocycles. The second-order valence-electron chi connectivity index (χ2n) is 4.78. The zero-order valence-corrected chi connectivity index (χ0v) is 11.0. The molecule has 0 fully saturated rings. The molecule has 0 bridgehead atoms. The normalized spacial score (nSPS) is 11.6. The zero-order valence-electron chi connectivity index (χ0n) is 11.0. The van der Waals surface area contributed by atoms with E-state index in [1.54, 1.807) is 31.4 Å². The van der Waals surface area contributed by atoms with Crippen molar-refractivity contribution in [3.8, 4) is 0 Å². The molecule has 2 aromatic rings.